The van der Waals surface area contributed by atoms with Gasteiger partial charge in [0.15, 0.2) is 0 Å². The van der Waals surface area contributed by atoms with Crippen molar-refractivity contribution in [1.29, 1.82) is 0 Å². The molecule has 1 aliphatic heterocycles. The quantitative estimate of drug-likeness (QED) is 0.681. The zero-order chi connectivity index (χ0) is 13.8. The molecule has 0 bridgehead atoms. The molecule has 104 valence electrons. The molecule has 2 atom stereocenters. The third-order valence-electron chi connectivity index (χ3n) is 2.67. The molecule has 6 heteroatoms. The maximum atomic E-state index is 11.5. The lowest BCUT2D eigenvalue weighted by Gasteiger charge is -2.23. The molecule has 1 saturated heterocycles. The summed E-state index contributed by atoms with van der Waals surface area (Å²) >= 11 is 0. The lowest BCUT2D eigenvalue weighted by Crippen LogP contribution is -2.42. The van der Waals surface area contributed by atoms with Crippen LogP contribution in [0, 0.1) is 5.92 Å². The summed E-state index contributed by atoms with van der Waals surface area (Å²) in [6.45, 7) is 5.76. The van der Waals surface area contributed by atoms with Crippen molar-refractivity contribution in [3.63, 3.8) is 0 Å². The first-order chi connectivity index (χ1) is 8.31. The highest BCUT2D eigenvalue weighted by Gasteiger charge is 2.28. The van der Waals surface area contributed by atoms with Gasteiger partial charge in [-0.15, -0.1) is 0 Å². The molecule has 1 fully saturated rings. The SMILES string of the molecule is CC(C)(C)OC(=O)N[C@@H](CO)C[C@H]1CCNC1=O. The molecule has 1 rings (SSSR count). The fraction of sp³-hybridized carbons (Fsp3) is 0.833. The second kappa shape index (κ2) is 6.04. The smallest absolute Gasteiger partial charge is 0.407 e. The zero-order valence-corrected chi connectivity index (χ0v) is 11.2. The van der Waals surface area contributed by atoms with Gasteiger partial charge >= 0.3 is 6.09 Å². The van der Waals surface area contributed by atoms with E-state index in [1.165, 1.54) is 0 Å². The Kier molecular flexibility index (Phi) is 4.95. The first kappa shape index (κ1) is 14.8. The van der Waals surface area contributed by atoms with E-state index in [-0.39, 0.29) is 18.4 Å². The molecule has 1 aliphatic rings. The van der Waals surface area contributed by atoms with Crippen LogP contribution in [0.5, 0.6) is 0 Å². The van der Waals surface area contributed by atoms with Crippen molar-refractivity contribution >= 4 is 12.0 Å². The third kappa shape index (κ3) is 4.91. The van der Waals surface area contributed by atoms with E-state index in [1.807, 2.05) is 0 Å². The number of aliphatic hydroxyl groups is 1. The van der Waals surface area contributed by atoms with E-state index in [4.69, 9.17) is 4.74 Å². The number of carbonyl (C=O) groups excluding carboxylic acids is 2. The van der Waals surface area contributed by atoms with Crippen molar-refractivity contribution in [3.8, 4) is 0 Å². The third-order valence-corrected chi connectivity index (χ3v) is 2.67. The molecule has 0 radical (unpaired) electrons. The molecule has 18 heavy (non-hydrogen) atoms. The maximum absolute atomic E-state index is 11.5. The predicted octanol–water partition coefficient (Wildman–Crippen LogP) is 0.398. The molecule has 0 saturated carbocycles. The van der Waals surface area contributed by atoms with Crippen LogP contribution in [0.3, 0.4) is 0 Å². The highest BCUT2D eigenvalue weighted by molar-refractivity contribution is 5.80. The van der Waals surface area contributed by atoms with Crippen molar-refractivity contribution in [2.45, 2.75) is 45.3 Å². The molecule has 1 heterocycles. The van der Waals surface area contributed by atoms with Gasteiger partial charge in [0.2, 0.25) is 5.91 Å². The minimum absolute atomic E-state index is 0.0144. The summed E-state index contributed by atoms with van der Waals surface area (Å²) in [6.07, 6.45) is 0.604. The van der Waals surface area contributed by atoms with Crippen LogP contribution in [0.1, 0.15) is 33.6 Å². The normalized spacial score (nSPS) is 21.3. The Labute approximate surface area is 107 Å². The highest BCUT2D eigenvalue weighted by atomic mass is 16.6. The molecular weight excluding hydrogens is 236 g/mol. The number of ether oxygens (including phenoxy) is 1. The van der Waals surface area contributed by atoms with Gasteiger partial charge in [0.25, 0.3) is 0 Å². The van der Waals surface area contributed by atoms with Crippen LogP contribution in [-0.4, -0.2) is 41.9 Å². The molecule has 0 aromatic carbocycles. The van der Waals surface area contributed by atoms with Gasteiger partial charge in [-0.3, -0.25) is 4.79 Å². The summed E-state index contributed by atoms with van der Waals surface area (Å²) < 4.78 is 5.10. The van der Waals surface area contributed by atoms with Gasteiger partial charge < -0.3 is 20.5 Å². The van der Waals surface area contributed by atoms with E-state index in [9.17, 15) is 14.7 Å². The number of amides is 2. The van der Waals surface area contributed by atoms with E-state index in [1.54, 1.807) is 20.8 Å². The lowest BCUT2D eigenvalue weighted by molar-refractivity contribution is -0.122. The molecule has 0 aliphatic carbocycles. The second-order valence-corrected chi connectivity index (χ2v) is 5.54. The standard InChI is InChI=1S/C12H22N2O4/c1-12(2,3)18-11(17)14-9(7-15)6-8-4-5-13-10(8)16/h8-9,15H,4-7H2,1-3H3,(H,13,16)(H,14,17)/t8-,9-/m1/s1. The van der Waals surface area contributed by atoms with Gasteiger partial charge in [-0.1, -0.05) is 0 Å². The molecule has 3 N–H and O–H groups in total. The van der Waals surface area contributed by atoms with E-state index >= 15 is 0 Å². The van der Waals surface area contributed by atoms with Crippen LogP contribution in [0.2, 0.25) is 0 Å². The first-order valence-corrected chi connectivity index (χ1v) is 6.20. The predicted molar refractivity (Wildman–Crippen MR) is 66.0 cm³/mol. The summed E-state index contributed by atoms with van der Waals surface area (Å²) in [5.41, 5.74) is -0.575. The van der Waals surface area contributed by atoms with Crippen LogP contribution < -0.4 is 10.6 Å². The Bertz CT molecular complexity index is 312. The number of carbonyl (C=O) groups is 2. The number of rotatable bonds is 4. The average molecular weight is 258 g/mol. The average Bonchev–Trinajstić information content (AvgIpc) is 2.60. The van der Waals surface area contributed by atoms with Gasteiger partial charge in [-0.25, -0.2) is 4.79 Å². The molecule has 0 aromatic heterocycles. The van der Waals surface area contributed by atoms with Crippen molar-refractivity contribution < 1.29 is 19.4 Å². The minimum atomic E-state index is -0.575. The van der Waals surface area contributed by atoms with Crippen molar-refractivity contribution in [2.75, 3.05) is 13.2 Å². The largest absolute Gasteiger partial charge is 0.444 e. The molecule has 0 aromatic rings. The van der Waals surface area contributed by atoms with Gasteiger partial charge in [0.1, 0.15) is 5.60 Å². The van der Waals surface area contributed by atoms with E-state index < -0.39 is 17.7 Å². The van der Waals surface area contributed by atoms with Gasteiger partial charge in [0, 0.05) is 12.5 Å². The van der Waals surface area contributed by atoms with Crippen LogP contribution >= 0.6 is 0 Å². The van der Waals surface area contributed by atoms with Crippen LogP contribution in [0.4, 0.5) is 4.79 Å². The van der Waals surface area contributed by atoms with E-state index in [2.05, 4.69) is 10.6 Å². The van der Waals surface area contributed by atoms with E-state index in [0.29, 0.717) is 13.0 Å². The summed E-state index contributed by atoms with van der Waals surface area (Å²) in [4.78, 5) is 22.9. The number of alkyl carbamates (subject to hydrolysis) is 1. The molecule has 2 amide bonds. The summed E-state index contributed by atoms with van der Waals surface area (Å²) in [5, 5.41) is 14.5. The second-order valence-electron chi connectivity index (χ2n) is 5.54. The molecule has 0 unspecified atom stereocenters. The van der Waals surface area contributed by atoms with Gasteiger partial charge in [0.05, 0.1) is 12.6 Å². The Morgan fingerprint density at radius 3 is 2.72 bits per heavy atom. The van der Waals surface area contributed by atoms with Crippen molar-refractivity contribution in [3.05, 3.63) is 0 Å². The van der Waals surface area contributed by atoms with Crippen molar-refractivity contribution in [1.82, 2.24) is 10.6 Å². The maximum Gasteiger partial charge on any atom is 0.407 e. The summed E-state index contributed by atoms with van der Waals surface area (Å²) in [5.74, 6) is -0.156. The van der Waals surface area contributed by atoms with Crippen LogP contribution in [0.15, 0.2) is 0 Å². The molecule has 0 spiro atoms. The zero-order valence-electron chi connectivity index (χ0n) is 11.2. The Morgan fingerprint density at radius 2 is 2.28 bits per heavy atom. The topological polar surface area (TPSA) is 87.7 Å². The van der Waals surface area contributed by atoms with Crippen LogP contribution in [0.25, 0.3) is 0 Å². The van der Waals surface area contributed by atoms with Gasteiger partial charge in [-0.2, -0.15) is 0 Å². The van der Waals surface area contributed by atoms with Crippen LogP contribution in [-0.2, 0) is 9.53 Å². The molecule has 6 nitrogen and oxygen atoms in total. The highest BCUT2D eigenvalue weighted by Crippen LogP contribution is 2.16. The minimum Gasteiger partial charge on any atom is -0.444 e. The number of hydrogen-bond acceptors (Lipinski definition) is 4. The number of aliphatic hydroxyl groups excluding tert-OH is 1. The summed E-state index contributed by atoms with van der Waals surface area (Å²) in [6, 6.07) is -0.450. The first-order valence-electron chi connectivity index (χ1n) is 6.20. The van der Waals surface area contributed by atoms with Crippen molar-refractivity contribution in [2.24, 2.45) is 5.92 Å². The van der Waals surface area contributed by atoms with E-state index in [0.717, 1.165) is 6.42 Å². The Hall–Kier alpha value is -1.30. The fourth-order valence-electron chi connectivity index (χ4n) is 1.87. The lowest BCUT2D eigenvalue weighted by atomic mass is 9.99. The Morgan fingerprint density at radius 1 is 1.61 bits per heavy atom. The number of nitrogens with one attached hydrogen (secondary N) is 2. The number of hydrogen-bond donors (Lipinski definition) is 3. The summed E-state index contributed by atoms with van der Waals surface area (Å²) in [7, 11) is 0. The van der Waals surface area contributed by atoms with Gasteiger partial charge in [-0.05, 0) is 33.6 Å². The molecular formula is C12H22N2O4. The fourth-order valence-corrected chi connectivity index (χ4v) is 1.87. The monoisotopic (exact) mass is 258 g/mol. The Balaban J connectivity index is 2.42.